The molecule has 0 unspecified atom stereocenters. The average Bonchev–Trinajstić information content (AvgIpc) is 2.72. The van der Waals surface area contributed by atoms with Crippen molar-refractivity contribution < 1.29 is 19.4 Å². The molecule has 0 aliphatic heterocycles. The van der Waals surface area contributed by atoms with E-state index in [1.807, 2.05) is 51.1 Å². The van der Waals surface area contributed by atoms with Gasteiger partial charge in [0.2, 0.25) is 0 Å². The molecule has 3 rings (SSSR count). The molecule has 0 fully saturated rings. The number of hydrogen-bond acceptors (Lipinski definition) is 4. The summed E-state index contributed by atoms with van der Waals surface area (Å²) in [5.74, 6) is 0.178. The summed E-state index contributed by atoms with van der Waals surface area (Å²) in [5, 5.41) is 12.9. The Kier molecular flexibility index (Phi) is 7.42. The largest absolute Gasteiger partial charge is 0.490 e. The third kappa shape index (κ3) is 5.92. The van der Waals surface area contributed by atoms with Crippen LogP contribution in [0.3, 0.4) is 0 Å². The topological polar surface area (TPSA) is 67.8 Å². The summed E-state index contributed by atoms with van der Waals surface area (Å²) in [6.45, 7) is 7.22. The molecule has 0 bridgehead atoms. The highest BCUT2D eigenvalue weighted by Gasteiger charge is 2.14. The fourth-order valence-electron chi connectivity index (χ4n) is 3.28. The van der Waals surface area contributed by atoms with Gasteiger partial charge >= 0.3 is 5.97 Å². The first kappa shape index (κ1) is 22.5. The number of halogens is 1. The molecule has 3 aromatic rings. The Bertz CT molecular complexity index is 1080. The number of carbonyl (C=O) groups is 1. The number of anilines is 1. The number of aromatic carboxylic acids is 1. The minimum absolute atomic E-state index is 0.264. The summed E-state index contributed by atoms with van der Waals surface area (Å²) < 4.78 is 11.8. The third-order valence-electron chi connectivity index (χ3n) is 4.79. The first-order valence-corrected chi connectivity index (χ1v) is 10.5. The second kappa shape index (κ2) is 10.2. The lowest BCUT2D eigenvalue weighted by molar-refractivity contribution is 0.0697. The van der Waals surface area contributed by atoms with Crippen LogP contribution in [0.2, 0.25) is 5.02 Å². The number of hydrogen-bond donors (Lipinski definition) is 2. The summed E-state index contributed by atoms with van der Waals surface area (Å²) in [5.41, 5.74) is 5.14. The Labute approximate surface area is 187 Å². The van der Waals surface area contributed by atoms with E-state index in [0.717, 1.165) is 22.4 Å². The van der Waals surface area contributed by atoms with Gasteiger partial charge in [0.1, 0.15) is 6.61 Å². The SMILES string of the molecule is CCOc1cc(CNc2ccc(C(=O)O)cc2C)cc(Cl)c1OCc1cccc(C)c1. The average molecular weight is 440 g/mol. The van der Waals surface area contributed by atoms with E-state index in [1.165, 1.54) is 5.56 Å². The van der Waals surface area contributed by atoms with Gasteiger partial charge in [-0.15, -0.1) is 0 Å². The van der Waals surface area contributed by atoms with Gasteiger partial charge in [-0.1, -0.05) is 41.4 Å². The molecule has 0 saturated heterocycles. The van der Waals surface area contributed by atoms with Crippen molar-refractivity contribution in [3.8, 4) is 11.5 Å². The number of benzene rings is 3. The molecule has 2 N–H and O–H groups in total. The number of ether oxygens (including phenoxy) is 2. The van der Waals surface area contributed by atoms with Crippen LogP contribution in [0.5, 0.6) is 11.5 Å². The highest BCUT2D eigenvalue weighted by atomic mass is 35.5. The predicted octanol–water partition coefficient (Wildman–Crippen LogP) is 6.24. The second-order valence-corrected chi connectivity index (χ2v) is 7.71. The molecule has 0 radical (unpaired) electrons. The van der Waals surface area contributed by atoms with E-state index in [4.69, 9.17) is 26.2 Å². The van der Waals surface area contributed by atoms with Gasteiger partial charge in [-0.25, -0.2) is 4.79 Å². The van der Waals surface area contributed by atoms with Crippen LogP contribution >= 0.6 is 11.6 Å². The minimum Gasteiger partial charge on any atom is -0.490 e. The van der Waals surface area contributed by atoms with Crippen LogP contribution in [0.1, 0.15) is 39.5 Å². The number of carboxylic acids is 1. The van der Waals surface area contributed by atoms with E-state index >= 15 is 0 Å². The standard InChI is InChI=1S/C25H26ClNO4/c1-4-30-23-13-19(14-27-22-9-8-20(25(28)29)11-17(22)3)12-21(26)24(23)31-15-18-7-5-6-16(2)10-18/h5-13,27H,4,14-15H2,1-3H3,(H,28,29). The fourth-order valence-corrected chi connectivity index (χ4v) is 3.56. The smallest absolute Gasteiger partial charge is 0.335 e. The van der Waals surface area contributed by atoms with Gasteiger partial charge in [0, 0.05) is 12.2 Å². The second-order valence-electron chi connectivity index (χ2n) is 7.30. The summed E-state index contributed by atoms with van der Waals surface area (Å²) >= 11 is 6.54. The van der Waals surface area contributed by atoms with Crippen LogP contribution in [0, 0.1) is 13.8 Å². The monoisotopic (exact) mass is 439 g/mol. The Morgan fingerprint density at radius 1 is 1.03 bits per heavy atom. The molecule has 0 heterocycles. The zero-order valence-electron chi connectivity index (χ0n) is 17.9. The summed E-state index contributed by atoms with van der Waals surface area (Å²) in [7, 11) is 0. The van der Waals surface area contributed by atoms with Crippen LogP contribution in [-0.2, 0) is 13.2 Å². The number of nitrogens with one attached hydrogen (secondary N) is 1. The van der Waals surface area contributed by atoms with Crippen LogP contribution in [0.4, 0.5) is 5.69 Å². The number of rotatable bonds is 9. The molecule has 0 aliphatic carbocycles. The van der Waals surface area contributed by atoms with Gasteiger partial charge in [-0.05, 0) is 67.8 Å². The minimum atomic E-state index is -0.941. The van der Waals surface area contributed by atoms with Gasteiger partial charge in [0.05, 0.1) is 17.2 Å². The third-order valence-corrected chi connectivity index (χ3v) is 5.07. The molecule has 0 aliphatic rings. The van der Waals surface area contributed by atoms with Crippen molar-refractivity contribution in [3.63, 3.8) is 0 Å². The van der Waals surface area contributed by atoms with Crippen LogP contribution in [-0.4, -0.2) is 17.7 Å². The zero-order valence-corrected chi connectivity index (χ0v) is 18.6. The van der Waals surface area contributed by atoms with E-state index < -0.39 is 5.97 Å². The van der Waals surface area contributed by atoms with Crippen molar-refractivity contribution >= 4 is 23.3 Å². The van der Waals surface area contributed by atoms with Crippen LogP contribution < -0.4 is 14.8 Å². The maximum atomic E-state index is 11.1. The highest BCUT2D eigenvalue weighted by Crippen LogP contribution is 2.37. The van der Waals surface area contributed by atoms with Crippen molar-refractivity contribution in [2.75, 3.05) is 11.9 Å². The number of carboxylic acid groups (broad SMARTS) is 1. The molecule has 31 heavy (non-hydrogen) atoms. The summed E-state index contributed by atoms with van der Waals surface area (Å²) in [4.78, 5) is 11.1. The Morgan fingerprint density at radius 2 is 1.84 bits per heavy atom. The normalized spacial score (nSPS) is 10.6. The first-order chi connectivity index (χ1) is 14.9. The molecule has 3 aromatic carbocycles. The quantitative estimate of drug-likeness (QED) is 0.412. The van der Waals surface area contributed by atoms with E-state index in [1.54, 1.807) is 18.2 Å². The first-order valence-electron chi connectivity index (χ1n) is 10.1. The zero-order chi connectivity index (χ0) is 22.4. The molecule has 5 nitrogen and oxygen atoms in total. The lowest BCUT2D eigenvalue weighted by atomic mass is 10.1. The maximum Gasteiger partial charge on any atom is 0.335 e. The predicted molar refractivity (Wildman–Crippen MR) is 124 cm³/mol. The van der Waals surface area contributed by atoms with Crippen LogP contribution in [0.15, 0.2) is 54.6 Å². The Hall–Kier alpha value is -3.18. The molecule has 6 heteroatoms. The molecule has 0 spiro atoms. The van der Waals surface area contributed by atoms with Crippen molar-refractivity contribution in [2.24, 2.45) is 0 Å². The highest BCUT2D eigenvalue weighted by molar-refractivity contribution is 6.32. The summed E-state index contributed by atoms with van der Waals surface area (Å²) in [6, 6.07) is 16.9. The molecule has 0 saturated carbocycles. The van der Waals surface area contributed by atoms with E-state index in [-0.39, 0.29) is 5.56 Å². The summed E-state index contributed by atoms with van der Waals surface area (Å²) in [6.07, 6.45) is 0. The van der Waals surface area contributed by atoms with E-state index in [9.17, 15) is 4.79 Å². The van der Waals surface area contributed by atoms with Gasteiger partial charge in [0.15, 0.2) is 11.5 Å². The van der Waals surface area contributed by atoms with Crippen molar-refractivity contribution in [1.82, 2.24) is 0 Å². The van der Waals surface area contributed by atoms with Gasteiger partial charge in [0.25, 0.3) is 0 Å². The molecular formula is C25H26ClNO4. The van der Waals surface area contributed by atoms with Crippen LogP contribution in [0.25, 0.3) is 0 Å². The molecule has 0 aromatic heterocycles. The Morgan fingerprint density at radius 3 is 2.52 bits per heavy atom. The maximum absolute atomic E-state index is 11.1. The van der Waals surface area contributed by atoms with Gasteiger partial charge in [-0.2, -0.15) is 0 Å². The van der Waals surface area contributed by atoms with E-state index in [2.05, 4.69) is 11.4 Å². The molecule has 0 amide bonds. The van der Waals surface area contributed by atoms with Crippen molar-refractivity contribution in [3.05, 3.63) is 87.4 Å². The van der Waals surface area contributed by atoms with Crippen molar-refractivity contribution in [2.45, 2.75) is 33.9 Å². The number of aryl methyl sites for hydroxylation is 2. The van der Waals surface area contributed by atoms with E-state index in [0.29, 0.717) is 36.3 Å². The van der Waals surface area contributed by atoms with Gasteiger partial charge < -0.3 is 19.9 Å². The molecular weight excluding hydrogens is 414 g/mol. The fraction of sp³-hybridized carbons (Fsp3) is 0.240. The van der Waals surface area contributed by atoms with Gasteiger partial charge in [-0.3, -0.25) is 0 Å². The molecule has 162 valence electrons. The lowest BCUT2D eigenvalue weighted by Crippen LogP contribution is -2.05. The molecule has 0 atom stereocenters. The Balaban J connectivity index is 1.75. The van der Waals surface area contributed by atoms with Crippen molar-refractivity contribution in [1.29, 1.82) is 0 Å². The lowest BCUT2D eigenvalue weighted by Gasteiger charge is -2.16.